The van der Waals surface area contributed by atoms with Gasteiger partial charge in [-0.15, -0.1) is 0 Å². The highest BCUT2D eigenvalue weighted by Crippen LogP contribution is 2.56. The minimum absolute atomic E-state index is 0.171. The van der Waals surface area contributed by atoms with Gasteiger partial charge in [-0.25, -0.2) is 0 Å². The fourth-order valence-electron chi connectivity index (χ4n) is 6.10. The van der Waals surface area contributed by atoms with Crippen LogP contribution in [0.5, 0.6) is 5.75 Å². The fraction of sp³-hybridized carbons (Fsp3) is 0.194. The quantitative estimate of drug-likeness (QED) is 0.290. The van der Waals surface area contributed by atoms with Gasteiger partial charge in [0.1, 0.15) is 5.75 Å². The molecule has 3 amide bonds. The number of carbonyl (C=O) groups is 3. The molecule has 0 radical (unpaired) electrons. The summed E-state index contributed by atoms with van der Waals surface area (Å²) < 4.78 is 7.47. The van der Waals surface area contributed by atoms with Gasteiger partial charge < -0.3 is 20.4 Å². The van der Waals surface area contributed by atoms with E-state index in [1.165, 1.54) is 7.11 Å². The third-order valence-electron chi connectivity index (χ3n) is 7.80. The highest BCUT2D eigenvalue weighted by Gasteiger charge is 2.63. The standard InChI is InChI=1S/C31H26Cl2N4O4/c1-15(2)27-26-20(14-36(27)24-11-17(28(34)38)6-10-25(24)41-4)29(39)37(23-13-19(33)7-5-16(23)3)31(26)21-9-8-18(32)12-22(21)35-30(31)40/h5-15H,1-4H3,(H2,34,38)(H,35,40). The highest BCUT2D eigenvalue weighted by molar-refractivity contribution is 6.32. The molecule has 3 N–H and O–H groups in total. The number of aromatic nitrogens is 1. The van der Waals surface area contributed by atoms with Gasteiger partial charge in [-0.3, -0.25) is 19.3 Å². The van der Waals surface area contributed by atoms with Gasteiger partial charge in [0.15, 0.2) is 5.54 Å². The molecule has 2 aliphatic rings. The number of nitrogens with two attached hydrogens (primary N) is 1. The van der Waals surface area contributed by atoms with Crippen LogP contribution in [-0.4, -0.2) is 29.4 Å². The third kappa shape index (κ3) is 3.71. The smallest absolute Gasteiger partial charge is 0.261 e. The van der Waals surface area contributed by atoms with E-state index in [9.17, 15) is 14.4 Å². The number of carbonyl (C=O) groups excluding carboxylic acids is 3. The zero-order valence-corrected chi connectivity index (χ0v) is 24.2. The van der Waals surface area contributed by atoms with Gasteiger partial charge in [-0.2, -0.15) is 0 Å². The number of hydrogen-bond donors (Lipinski definition) is 2. The molecule has 2 aliphatic heterocycles. The van der Waals surface area contributed by atoms with Crippen LogP contribution in [0.3, 0.4) is 0 Å². The summed E-state index contributed by atoms with van der Waals surface area (Å²) in [7, 11) is 1.52. The summed E-state index contributed by atoms with van der Waals surface area (Å²) in [5, 5.41) is 3.86. The van der Waals surface area contributed by atoms with Gasteiger partial charge in [-0.05, 0) is 60.9 Å². The first kappa shape index (κ1) is 26.9. The van der Waals surface area contributed by atoms with Crippen LogP contribution in [0.15, 0.2) is 60.8 Å². The molecule has 6 rings (SSSR count). The van der Waals surface area contributed by atoms with Gasteiger partial charge in [0.25, 0.3) is 11.8 Å². The Hall–Kier alpha value is -4.27. The summed E-state index contributed by atoms with van der Waals surface area (Å²) in [6, 6.07) is 15.3. The Bertz CT molecular complexity index is 1810. The van der Waals surface area contributed by atoms with E-state index >= 15 is 0 Å². The van der Waals surface area contributed by atoms with E-state index in [-0.39, 0.29) is 17.4 Å². The fourth-order valence-corrected chi connectivity index (χ4v) is 6.44. The van der Waals surface area contributed by atoms with Crippen LogP contribution in [0.1, 0.15) is 62.9 Å². The maximum absolute atomic E-state index is 14.6. The summed E-state index contributed by atoms with van der Waals surface area (Å²) in [5.41, 5.74) is 8.85. The predicted molar refractivity (Wildman–Crippen MR) is 159 cm³/mol. The van der Waals surface area contributed by atoms with Gasteiger partial charge in [0, 0.05) is 44.3 Å². The molecule has 1 spiro atoms. The van der Waals surface area contributed by atoms with Crippen molar-refractivity contribution >= 4 is 52.3 Å². The van der Waals surface area contributed by atoms with Crippen LogP contribution < -0.4 is 20.7 Å². The summed E-state index contributed by atoms with van der Waals surface area (Å²) in [4.78, 5) is 42.6. The zero-order valence-electron chi connectivity index (χ0n) is 22.7. The molecule has 4 aromatic rings. The maximum Gasteiger partial charge on any atom is 0.261 e. The van der Waals surface area contributed by atoms with Crippen molar-refractivity contribution in [2.45, 2.75) is 32.2 Å². The van der Waals surface area contributed by atoms with Crippen molar-refractivity contribution in [1.29, 1.82) is 0 Å². The Morgan fingerprint density at radius 3 is 2.39 bits per heavy atom. The van der Waals surface area contributed by atoms with E-state index in [1.54, 1.807) is 59.6 Å². The average Bonchev–Trinajstić information content (AvgIpc) is 3.53. The number of halogens is 2. The van der Waals surface area contributed by atoms with E-state index < -0.39 is 17.4 Å². The normalized spacial score (nSPS) is 17.3. The molecule has 10 heteroatoms. The molecule has 0 fully saturated rings. The number of primary amides is 1. The zero-order chi connectivity index (χ0) is 29.4. The van der Waals surface area contributed by atoms with E-state index in [1.807, 2.05) is 31.4 Å². The van der Waals surface area contributed by atoms with Crippen LogP contribution in [0, 0.1) is 6.92 Å². The largest absolute Gasteiger partial charge is 0.495 e. The van der Waals surface area contributed by atoms with Crippen molar-refractivity contribution in [3.05, 3.63) is 104 Å². The molecule has 3 heterocycles. The number of ether oxygens (including phenoxy) is 1. The van der Waals surface area contributed by atoms with Crippen molar-refractivity contribution in [3.63, 3.8) is 0 Å². The molecular formula is C31H26Cl2N4O4. The number of nitrogens with zero attached hydrogens (tertiary/aromatic N) is 2. The summed E-state index contributed by atoms with van der Waals surface area (Å²) >= 11 is 12.8. The lowest BCUT2D eigenvalue weighted by atomic mass is 9.81. The van der Waals surface area contributed by atoms with Gasteiger partial charge in [0.2, 0.25) is 5.91 Å². The lowest BCUT2D eigenvalue weighted by Gasteiger charge is -2.36. The number of rotatable bonds is 5. The number of nitrogens with one attached hydrogen (secondary N) is 1. The minimum atomic E-state index is -1.55. The molecular weight excluding hydrogens is 563 g/mol. The number of aryl methyl sites for hydroxylation is 1. The topological polar surface area (TPSA) is 107 Å². The molecule has 0 bridgehead atoms. The first-order valence-corrected chi connectivity index (χ1v) is 13.7. The highest BCUT2D eigenvalue weighted by atomic mass is 35.5. The molecule has 41 heavy (non-hydrogen) atoms. The van der Waals surface area contributed by atoms with Crippen LogP contribution in [0.25, 0.3) is 5.69 Å². The number of anilines is 2. The van der Waals surface area contributed by atoms with Gasteiger partial charge in [0.05, 0.1) is 24.0 Å². The Kier molecular flexibility index (Phi) is 6.17. The maximum atomic E-state index is 14.6. The summed E-state index contributed by atoms with van der Waals surface area (Å²) in [6.07, 6.45) is 1.71. The molecule has 0 aliphatic carbocycles. The second-order valence-corrected chi connectivity index (χ2v) is 11.4. The second kappa shape index (κ2) is 9.39. The van der Waals surface area contributed by atoms with Crippen LogP contribution in [0.4, 0.5) is 11.4 Å². The summed E-state index contributed by atoms with van der Waals surface area (Å²) in [6.45, 7) is 5.84. The Morgan fingerprint density at radius 1 is 1.00 bits per heavy atom. The van der Waals surface area contributed by atoms with E-state index in [0.29, 0.717) is 55.2 Å². The Balaban J connectivity index is 1.74. The van der Waals surface area contributed by atoms with Gasteiger partial charge in [-0.1, -0.05) is 49.2 Å². The third-order valence-corrected chi connectivity index (χ3v) is 8.27. The second-order valence-electron chi connectivity index (χ2n) is 10.5. The lowest BCUT2D eigenvalue weighted by Crippen LogP contribution is -2.51. The predicted octanol–water partition coefficient (Wildman–Crippen LogP) is 6.18. The number of amides is 3. The first-order valence-electron chi connectivity index (χ1n) is 13.0. The van der Waals surface area contributed by atoms with Crippen LogP contribution in [-0.2, 0) is 10.3 Å². The van der Waals surface area contributed by atoms with Crippen molar-refractivity contribution in [1.82, 2.24) is 4.57 Å². The van der Waals surface area contributed by atoms with Crippen molar-refractivity contribution in [2.24, 2.45) is 5.73 Å². The number of benzene rings is 3. The molecule has 1 atom stereocenters. The molecule has 0 saturated heterocycles. The Labute approximate surface area is 246 Å². The number of fused-ring (bicyclic) bond motifs is 4. The van der Waals surface area contributed by atoms with Crippen molar-refractivity contribution < 1.29 is 19.1 Å². The van der Waals surface area contributed by atoms with Gasteiger partial charge >= 0.3 is 0 Å². The molecule has 0 saturated carbocycles. The molecule has 3 aromatic carbocycles. The molecule has 208 valence electrons. The SMILES string of the molecule is COc1ccc(C(N)=O)cc1-n1cc2c(c1C(C)C)C1(C(=O)Nc3cc(Cl)ccc31)N(c1cc(Cl)ccc1C)C2=O. The van der Waals surface area contributed by atoms with Crippen molar-refractivity contribution in [2.75, 3.05) is 17.3 Å². The van der Waals surface area contributed by atoms with Crippen LogP contribution >= 0.6 is 23.2 Å². The van der Waals surface area contributed by atoms with E-state index in [0.717, 1.165) is 5.56 Å². The van der Waals surface area contributed by atoms with Crippen molar-refractivity contribution in [3.8, 4) is 11.4 Å². The minimum Gasteiger partial charge on any atom is -0.495 e. The molecule has 1 unspecified atom stereocenters. The first-order chi connectivity index (χ1) is 19.5. The summed E-state index contributed by atoms with van der Waals surface area (Å²) in [5.74, 6) is -1.06. The molecule has 8 nitrogen and oxygen atoms in total. The lowest BCUT2D eigenvalue weighted by molar-refractivity contribution is -0.119. The number of hydrogen-bond acceptors (Lipinski definition) is 4. The number of methoxy groups -OCH3 is 1. The van der Waals surface area contributed by atoms with Crippen LogP contribution in [0.2, 0.25) is 10.0 Å². The monoisotopic (exact) mass is 588 g/mol. The van der Waals surface area contributed by atoms with E-state index in [2.05, 4.69) is 5.32 Å². The molecule has 1 aromatic heterocycles. The Morgan fingerprint density at radius 2 is 1.71 bits per heavy atom. The average molecular weight is 589 g/mol. The van der Waals surface area contributed by atoms with E-state index in [4.69, 9.17) is 33.7 Å².